The summed E-state index contributed by atoms with van der Waals surface area (Å²) in [6.07, 6.45) is 1.97. The van der Waals surface area contributed by atoms with Crippen molar-refractivity contribution in [1.82, 2.24) is 10.6 Å². The Balaban J connectivity index is 1.91. The molecule has 2 amide bonds. The van der Waals surface area contributed by atoms with E-state index < -0.39 is 5.54 Å². The number of allylic oxidation sites excluding steroid dienone is 1. The number of nitrogens with one attached hydrogen (secondary N) is 2. The molecule has 0 atom stereocenters. The Morgan fingerprint density at radius 3 is 2.17 bits per heavy atom. The van der Waals surface area contributed by atoms with Gasteiger partial charge in [-0.2, -0.15) is 0 Å². The van der Waals surface area contributed by atoms with Crippen LogP contribution in [0, 0.1) is 12.7 Å². The van der Waals surface area contributed by atoms with E-state index in [4.69, 9.17) is 16.6 Å². The lowest BCUT2D eigenvalue weighted by molar-refractivity contribution is -0.116. The molecule has 214 valence electrons. The number of likely N-dealkylation sites (N-methyl/N-ethyl adjacent to an activating group) is 1. The number of carbonyl (C=O) groups excluding carboxylic acids is 2. The van der Waals surface area contributed by atoms with Crippen LogP contribution in [-0.2, 0) is 10.3 Å². The van der Waals surface area contributed by atoms with E-state index in [0.717, 1.165) is 21.6 Å². The summed E-state index contributed by atoms with van der Waals surface area (Å²) in [4.78, 5) is 31.5. The number of thioether (sulfide) groups is 1. The molecule has 0 aromatic heterocycles. The first-order valence-electron chi connectivity index (χ1n) is 13.1. The Hall–Kier alpha value is -3.68. The number of nitrogens with zero attached hydrogens (tertiary/aromatic N) is 1. The monoisotopic (exact) mass is 591 g/mol. The van der Waals surface area contributed by atoms with Crippen molar-refractivity contribution in [3.63, 3.8) is 0 Å². The second-order valence-corrected chi connectivity index (χ2v) is 11.7. The highest BCUT2D eigenvalue weighted by Gasteiger charge is 2.24. The van der Waals surface area contributed by atoms with Crippen molar-refractivity contribution in [2.24, 2.45) is 4.99 Å². The topological polar surface area (TPSA) is 70.6 Å². The Labute approximate surface area is 251 Å². The highest BCUT2D eigenvalue weighted by molar-refractivity contribution is 8.21. The molecule has 8 heteroatoms. The van der Waals surface area contributed by atoms with Crippen molar-refractivity contribution in [3.8, 4) is 0 Å². The first-order chi connectivity index (χ1) is 19.4. The van der Waals surface area contributed by atoms with E-state index in [1.165, 1.54) is 23.9 Å². The third-order valence-corrected chi connectivity index (χ3v) is 7.90. The average Bonchev–Trinajstić information content (AvgIpc) is 2.94. The molecule has 0 heterocycles. The molecule has 41 heavy (non-hydrogen) atoms. The molecular formula is C33H35ClFN3O2S. The minimum Gasteiger partial charge on any atom is -0.355 e. The number of aliphatic imine (C=N–C) groups is 1. The van der Waals surface area contributed by atoms with Crippen LogP contribution in [0.15, 0.2) is 83.4 Å². The van der Waals surface area contributed by atoms with Crippen LogP contribution in [-0.4, -0.2) is 23.9 Å². The number of amides is 2. The van der Waals surface area contributed by atoms with Crippen LogP contribution in [0.2, 0.25) is 5.02 Å². The zero-order valence-corrected chi connectivity index (χ0v) is 25.9. The van der Waals surface area contributed by atoms with E-state index in [9.17, 15) is 14.0 Å². The standard InChI is InChI=1S/C33H35ClFN3O2S/c1-8-29(41-22(4)37-30(21(3)31(39)36-7)23-11-17-27(35)18-12-23)28-19-24(10-9-20(28)2)32(40)38-33(5,6)25-13-15-26(34)16-14-25/h8-19H,1-7H3,(H,36,39)(H,38,40)/b29-8-,30-21+,37-22?. The van der Waals surface area contributed by atoms with Crippen LogP contribution in [0.5, 0.6) is 0 Å². The fourth-order valence-corrected chi connectivity index (χ4v) is 5.23. The number of rotatable bonds is 8. The molecule has 0 unspecified atom stereocenters. The van der Waals surface area contributed by atoms with Gasteiger partial charge in [0.25, 0.3) is 5.91 Å². The first-order valence-corrected chi connectivity index (χ1v) is 14.3. The van der Waals surface area contributed by atoms with Crippen LogP contribution < -0.4 is 10.6 Å². The molecule has 3 aromatic carbocycles. The predicted octanol–water partition coefficient (Wildman–Crippen LogP) is 8.14. The van der Waals surface area contributed by atoms with Crippen molar-refractivity contribution < 1.29 is 14.0 Å². The van der Waals surface area contributed by atoms with Crippen molar-refractivity contribution in [1.29, 1.82) is 0 Å². The second-order valence-electron chi connectivity index (χ2n) is 10.1. The summed E-state index contributed by atoms with van der Waals surface area (Å²) >= 11 is 7.47. The van der Waals surface area contributed by atoms with Crippen molar-refractivity contribution in [2.75, 3.05) is 7.05 Å². The summed E-state index contributed by atoms with van der Waals surface area (Å²) < 4.78 is 13.6. The fourth-order valence-electron chi connectivity index (χ4n) is 4.20. The van der Waals surface area contributed by atoms with Gasteiger partial charge >= 0.3 is 0 Å². The minimum absolute atomic E-state index is 0.195. The summed E-state index contributed by atoms with van der Waals surface area (Å²) in [5.41, 5.74) is 4.27. The molecule has 0 spiro atoms. The molecule has 3 rings (SSSR count). The highest BCUT2D eigenvalue weighted by atomic mass is 35.5. The fraction of sp³-hybridized carbons (Fsp3) is 0.242. The van der Waals surface area contributed by atoms with E-state index in [1.54, 1.807) is 38.2 Å². The third-order valence-electron chi connectivity index (χ3n) is 6.59. The first kappa shape index (κ1) is 31.8. The van der Waals surface area contributed by atoms with E-state index in [0.29, 0.717) is 32.5 Å². The molecule has 0 aliphatic heterocycles. The molecule has 2 N–H and O–H groups in total. The lowest BCUT2D eigenvalue weighted by atomic mass is 9.93. The summed E-state index contributed by atoms with van der Waals surface area (Å²) in [6, 6.07) is 18.9. The number of aryl methyl sites for hydroxylation is 1. The average molecular weight is 592 g/mol. The summed E-state index contributed by atoms with van der Waals surface area (Å²) in [5, 5.41) is 7.07. The second kappa shape index (κ2) is 13.8. The summed E-state index contributed by atoms with van der Waals surface area (Å²) in [5.74, 6) is -0.832. The molecule has 0 bridgehead atoms. The number of halogens is 2. The van der Waals surface area contributed by atoms with Crippen molar-refractivity contribution >= 4 is 50.8 Å². The summed E-state index contributed by atoms with van der Waals surface area (Å²) in [6.45, 7) is 11.4. The maximum Gasteiger partial charge on any atom is 0.251 e. The van der Waals surface area contributed by atoms with Crippen molar-refractivity contribution in [3.05, 3.63) is 117 Å². The van der Waals surface area contributed by atoms with Crippen LogP contribution >= 0.6 is 23.4 Å². The Bertz CT molecular complexity index is 1530. The van der Waals surface area contributed by atoms with Gasteiger partial charge in [-0.15, -0.1) is 0 Å². The van der Waals surface area contributed by atoms with Gasteiger partial charge in [-0.1, -0.05) is 47.6 Å². The van der Waals surface area contributed by atoms with E-state index >= 15 is 0 Å². The minimum atomic E-state index is -0.611. The zero-order valence-electron chi connectivity index (χ0n) is 24.4. The highest BCUT2D eigenvalue weighted by Crippen LogP contribution is 2.33. The predicted molar refractivity (Wildman–Crippen MR) is 171 cm³/mol. The largest absolute Gasteiger partial charge is 0.355 e. The molecule has 0 aliphatic carbocycles. The maximum atomic E-state index is 13.6. The van der Waals surface area contributed by atoms with Gasteiger partial charge in [-0.05, 0) is 107 Å². The lowest BCUT2D eigenvalue weighted by Gasteiger charge is -2.27. The molecular weight excluding hydrogens is 557 g/mol. The van der Waals surface area contributed by atoms with Gasteiger partial charge < -0.3 is 10.6 Å². The molecule has 0 radical (unpaired) electrons. The van der Waals surface area contributed by atoms with Gasteiger partial charge in [0.1, 0.15) is 5.82 Å². The Morgan fingerprint density at radius 2 is 1.59 bits per heavy atom. The van der Waals surface area contributed by atoms with Crippen molar-refractivity contribution in [2.45, 2.75) is 47.1 Å². The van der Waals surface area contributed by atoms with E-state index in [1.807, 2.05) is 71.0 Å². The maximum absolute atomic E-state index is 13.6. The van der Waals surface area contributed by atoms with Gasteiger partial charge in [0, 0.05) is 33.7 Å². The normalized spacial score (nSPS) is 13.0. The molecule has 0 saturated heterocycles. The molecule has 0 fully saturated rings. The van der Waals surface area contributed by atoms with Crippen LogP contribution in [0.1, 0.15) is 67.2 Å². The van der Waals surface area contributed by atoms with Gasteiger partial charge in [0.15, 0.2) is 0 Å². The lowest BCUT2D eigenvalue weighted by Crippen LogP contribution is -2.41. The molecule has 5 nitrogen and oxygen atoms in total. The third kappa shape index (κ3) is 8.18. The Morgan fingerprint density at radius 1 is 0.976 bits per heavy atom. The molecule has 0 aliphatic rings. The Kier molecular flexibility index (Phi) is 10.7. The van der Waals surface area contributed by atoms with Gasteiger partial charge in [-0.25, -0.2) is 9.38 Å². The number of benzene rings is 3. The van der Waals surface area contributed by atoms with E-state index in [2.05, 4.69) is 10.6 Å². The molecule has 0 saturated carbocycles. The van der Waals surface area contributed by atoms with Gasteiger partial charge in [-0.3, -0.25) is 9.59 Å². The number of hydrogen-bond acceptors (Lipinski definition) is 4. The quantitative estimate of drug-likeness (QED) is 0.158. The van der Waals surface area contributed by atoms with E-state index in [-0.39, 0.29) is 17.6 Å². The SMILES string of the molecule is C/C=C(\SC(C)=N/C(=C(\C)C(=O)NC)c1ccc(F)cc1)c1cc(C(=O)NC(C)(C)c2ccc(Cl)cc2)ccc1C. The smallest absolute Gasteiger partial charge is 0.251 e. The van der Waals surface area contributed by atoms with Gasteiger partial charge in [0.2, 0.25) is 5.91 Å². The van der Waals surface area contributed by atoms with Crippen LogP contribution in [0.25, 0.3) is 10.6 Å². The van der Waals surface area contributed by atoms with Crippen LogP contribution in [0.3, 0.4) is 0 Å². The molecule has 3 aromatic rings. The number of carbonyl (C=O) groups is 2. The summed E-state index contributed by atoms with van der Waals surface area (Å²) in [7, 11) is 1.56. The van der Waals surface area contributed by atoms with Crippen LogP contribution in [0.4, 0.5) is 4.39 Å². The number of hydrogen-bond donors (Lipinski definition) is 2. The van der Waals surface area contributed by atoms with Gasteiger partial charge in [0.05, 0.1) is 16.3 Å². The zero-order chi connectivity index (χ0) is 30.3.